The Morgan fingerprint density at radius 3 is 2.76 bits per heavy atom. The van der Waals surface area contributed by atoms with E-state index >= 15 is 0 Å². The molecule has 0 N–H and O–H groups in total. The summed E-state index contributed by atoms with van der Waals surface area (Å²) in [4.78, 5) is 0. The van der Waals surface area contributed by atoms with Crippen LogP contribution in [0, 0.1) is 5.82 Å². The van der Waals surface area contributed by atoms with Crippen LogP contribution >= 0.6 is 15.9 Å². The van der Waals surface area contributed by atoms with Gasteiger partial charge in [0, 0.05) is 5.33 Å². The number of rotatable bonds is 3. The average molecular weight is 323 g/mol. The molecule has 1 aromatic rings. The summed E-state index contributed by atoms with van der Waals surface area (Å²) in [6.07, 6.45) is 0.00595. The van der Waals surface area contributed by atoms with Gasteiger partial charge in [0.05, 0.1) is 11.5 Å². The van der Waals surface area contributed by atoms with Gasteiger partial charge in [0.25, 0.3) is 0 Å². The van der Waals surface area contributed by atoms with Gasteiger partial charge in [0.2, 0.25) is 0 Å². The first kappa shape index (κ1) is 12.8. The van der Waals surface area contributed by atoms with Gasteiger partial charge in [0.1, 0.15) is 6.10 Å². The van der Waals surface area contributed by atoms with Crippen LogP contribution in [0.15, 0.2) is 18.2 Å². The molecule has 94 valence electrons. The Bertz CT molecular complexity index is 515. The number of benzene rings is 1. The number of hydrogen-bond acceptors (Lipinski definition) is 3. The molecule has 0 radical (unpaired) electrons. The average Bonchev–Trinajstić information content (AvgIpc) is 2.61. The molecule has 0 bridgehead atoms. The molecule has 17 heavy (non-hydrogen) atoms. The molecule has 0 amide bonds. The molecule has 1 aliphatic heterocycles. The molecular weight excluding hydrogens is 311 g/mol. The van der Waals surface area contributed by atoms with Crippen molar-refractivity contribution in [2.24, 2.45) is 0 Å². The lowest BCUT2D eigenvalue weighted by molar-refractivity contribution is 0.218. The summed E-state index contributed by atoms with van der Waals surface area (Å²) in [5.74, 6) is -0.228. The van der Waals surface area contributed by atoms with Gasteiger partial charge in [-0.2, -0.15) is 0 Å². The molecule has 2 rings (SSSR count). The maximum absolute atomic E-state index is 13.6. The van der Waals surface area contributed by atoms with Gasteiger partial charge >= 0.3 is 0 Å². The largest absolute Gasteiger partial charge is 0.486 e. The quantitative estimate of drug-likeness (QED) is 0.802. The van der Waals surface area contributed by atoms with Crippen molar-refractivity contribution < 1.29 is 17.5 Å². The molecule has 3 nitrogen and oxygen atoms in total. The van der Waals surface area contributed by atoms with Crippen molar-refractivity contribution >= 4 is 25.8 Å². The van der Waals surface area contributed by atoms with Gasteiger partial charge in [-0.3, -0.25) is 0 Å². The second kappa shape index (κ2) is 4.94. The van der Waals surface area contributed by atoms with Gasteiger partial charge in [-0.1, -0.05) is 22.0 Å². The van der Waals surface area contributed by atoms with E-state index in [1.54, 1.807) is 6.07 Å². The third-order valence-corrected chi connectivity index (χ3v) is 5.02. The molecule has 1 fully saturated rings. The molecule has 1 atom stereocenters. The van der Waals surface area contributed by atoms with Crippen LogP contribution < -0.4 is 4.74 Å². The van der Waals surface area contributed by atoms with Gasteiger partial charge in [-0.15, -0.1) is 0 Å². The first-order valence-corrected chi connectivity index (χ1v) is 8.16. The first-order chi connectivity index (χ1) is 8.00. The summed E-state index contributed by atoms with van der Waals surface area (Å²) in [6.45, 7) is 0. The molecule has 0 spiro atoms. The van der Waals surface area contributed by atoms with Crippen LogP contribution in [-0.4, -0.2) is 26.0 Å². The van der Waals surface area contributed by atoms with Crippen molar-refractivity contribution in [1.29, 1.82) is 0 Å². The fourth-order valence-electron chi connectivity index (χ4n) is 1.76. The van der Waals surface area contributed by atoms with E-state index in [4.69, 9.17) is 4.74 Å². The Hall–Kier alpha value is -0.620. The number of hydrogen-bond donors (Lipinski definition) is 0. The summed E-state index contributed by atoms with van der Waals surface area (Å²) in [5, 5.41) is 0.571. The number of halogens is 2. The van der Waals surface area contributed by atoms with E-state index in [9.17, 15) is 12.8 Å². The molecule has 1 heterocycles. The summed E-state index contributed by atoms with van der Waals surface area (Å²) in [7, 11) is -3.00. The third-order valence-electron chi connectivity index (χ3n) is 2.63. The van der Waals surface area contributed by atoms with Crippen LogP contribution in [0.25, 0.3) is 0 Å². The fraction of sp³-hybridized carbons (Fsp3) is 0.455. The van der Waals surface area contributed by atoms with Crippen molar-refractivity contribution in [2.45, 2.75) is 17.9 Å². The summed E-state index contributed by atoms with van der Waals surface area (Å²) < 4.78 is 41.4. The zero-order valence-electron chi connectivity index (χ0n) is 9.03. The van der Waals surface area contributed by atoms with Gasteiger partial charge in [-0.05, 0) is 24.1 Å². The Balaban J connectivity index is 2.09. The zero-order chi connectivity index (χ0) is 12.5. The molecule has 0 aliphatic carbocycles. The van der Waals surface area contributed by atoms with Crippen LogP contribution in [0.1, 0.15) is 12.0 Å². The van der Waals surface area contributed by atoms with Crippen LogP contribution in [0.5, 0.6) is 5.75 Å². The number of sulfone groups is 1. The zero-order valence-corrected chi connectivity index (χ0v) is 11.4. The van der Waals surface area contributed by atoms with Crippen LogP contribution in [-0.2, 0) is 15.2 Å². The minimum atomic E-state index is -3.00. The van der Waals surface area contributed by atoms with Crippen molar-refractivity contribution in [2.75, 3.05) is 11.5 Å². The maximum Gasteiger partial charge on any atom is 0.165 e. The number of ether oxygens (including phenoxy) is 1. The SMILES string of the molecule is O=S1(=O)CCC(Oc2ccc(CBr)cc2F)C1. The van der Waals surface area contributed by atoms with Crippen LogP contribution in [0.3, 0.4) is 0 Å². The van der Waals surface area contributed by atoms with Crippen LogP contribution in [0.4, 0.5) is 4.39 Å². The molecular formula is C11H12BrFO3S. The predicted octanol–water partition coefficient (Wildman–Crippen LogP) is 2.29. The lowest BCUT2D eigenvalue weighted by Gasteiger charge is -2.12. The molecule has 0 saturated carbocycles. The molecule has 0 aromatic heterocycles. The summed E-state index contributed by atoms with van der Waals surface area (Å²) in [5.41, 5.74) is 0.814. The Morgan fingerprint density at radius 1 is 1.47 bits per heavy atom. The van der Waals surface area contributed by atoms with Gasteiger partial charge in [0.15, 0.2) is 21.4 Å². The first-order valence-electron chi connectivity index (χ1n) is 5.21. The molecule has 1 aromatic carbocycles. The van der Waals surface area contributed by atoms with E-state index in [2.05, 4.69) is 15.9 Å². The molecule has 6 heteroatoms. The van der Waals surface area contributed by atoms with E-state index in [1.807, 2.05) is 0 Å². The van der Waals surface area contributed by atoms with Crippen molar-refractivity contribution in [3.8, 4) is 5.75 Å². The van der Waals surface area contributed by atoms with Crippen molar-refractivity contribution in [1.82, 2.24) is 0 Å². The number of alkyl halides is 1. The molecule has 1 saturated heterocycles. The minimum absolute atomic E-state index is 0.0212. The van der Waals surface area contributed by atoms with E-state index in [-0.39, 0.29) is 17.3 Å². The minimum Gasteiger partial charge on any atom is -0.486 e. The van der Waals surface area contributed by atoms with Gasteiger partial charge in [-0.25, -0.2) is 12.8 Å². The monoisotopic (exact) mass is 322 g/mol. The maximum atomic E-state index is 13.6. The second-order valence-corrected chi connectivity index (χ2v) is 6.83. The van der Waals surface area contributed by atoms with Gasteiger partial charge < -0.3 is 4.74 Å². The highest BCUT2D eigenvalue weighted by atomic mass is 79.9. The standard InChI is InChI=1S/C11H12BrFO3S/c12-6-8-1-2-11(10(13)5-8)16-9-3-4-17(14,15)7-9/h1-2,5,9H,3-4,6-7H2. The molecule has 1 unspecified atom stereocenters. The van der Waals surface area contributed by atoms with E-state index in [1.165, 1.54) is 12.1 Å². The highest BCUT2D eigenvalue weighted by Gasteiger charge is 2.29. The Labute approximate surface area is 108 Å². The molecule has 1 aliphatic rings. The Morgan fingerprint density at radius 2 is 2.24 bits per heavy atom. The van der Waals surface area contributed by atoms with E-state index < -0.39 is 21.8 Å². The second-order valence-electron chi connectivity index (χ2n) is 4.04. The highest BCUT2D eigenvalue weighted by Crippen LogP contribution is 2.24. The summed E-state index contributed by atoms with van der Waals surface area (Å²) >= 11 is 3.23. The van der Waals surface area contributed by atoms with Crippen molar-refractivity contribution in [3.63, 3.8) is 0 Å². The predicted molar refractivity (Wildman–Crippen MR) is 66.7 cm³/mol. The van der Waals surface area contributed by atoms with Crippen molar-refractivity contribution in [3.05, 3.63) is 29.6 Å². The van der Waals surface area contributed by atoms with Crippen LogP contribution in [0.2, 0.25) is 0 Å². The Kier molecular flexibility index (Phi) is 3.73. The lowest BCUT2D eigenvalue weighted by Crippen LogP contribution is -2.18. The van der Waals surface area contributed by atoms with E-state index in [0.29, 0.717) is 11.8 Å². The third kappa shape index (κ3) is 3.19. The van der Waals surface area contributed by atoms with E-state index in [0.717, 1.165) is 5.56 Å². The lowest BCUT2D eigenvalue weighted by atomic mass is 10.2. The summed E-state index contributed by atoms with van der Waals surface area (Å²) in [6, 6.07) is 4.67. The smallest absolute Gasteiger partial charge is 0.165 e. The normalized spacial score (nSPS) is 22.6. The fourth-order valence-corrected chi connectivity index (χ4v) is 3.70. The topological polar surface area (TPSA) is 43.4 Å². The highest BCUT2D eigenvalue weighted by molar-refractivity contribution is 9.08.